The molecule has 19 heavy (non-hydrogen) atoms. The fourth-order valence-electron chi connectivity index (χ4n) is 1.50. The Hall–Kier alpha value is -0.190. The number of aliphatic hydroxyl groups excluding tert-OH is 1. The molecule has 0 radical (unpaired) electrons. The number of hydrogen-bond acceptors (Lipinski definition) is 3. The molecule has 0 heterocycles. The van der Waals surface area contributed by atoms with Gasteiger partial charge in [0.1, 0.15) is 0 Å². The molecule has 0 spiro atoms. The summed E-state index contributed by atoms with van der Waals surface area (Å²) in [5, 5.41) is 16.9. The van der Waals surface area contributed by atoms with Gasteiger partial charge >= 0.3 is 0 Å². The van der Waals surface area contributed by atoms with E-state index in [1.54, 1.807) is 0 Å². The minimum Gasteiger partial charge on any atom is -0.390 e. The summed E-state index contributed by atoms with van der Waals surface area (Å²) in [7, 11) is 0. The standard InChI is InChI=1S/C13H21ClN2O.2ClH/c1-9(2)15-7-12(17)8-16-13-5-4-11(14)6-10(13)3;;/h4-6,9,12,15-17H,7-8H2,1-3H3;2*1H. The quantitative estimate of drug-likeness (QED) is 0.750. The van der Waals surface area contributed by atoms with Crippen LogP contribution in [0.2, 0.25) is 5.02 Å². The Morgan fingerprint density at radius 1 is 1.21 bits per heavy atom. The van der Waals surface area contributed by atoms with E-state index in [1.807, 2.05) is 25.1 Å². The van der Waals surface area contributed by atoms with Crippen molar-refractivity contribution in [3.63, 3.8) is 0 Å². The topological polar surface area (TPSA) is 44.3 Å². The summed E-state index contributed by atoms with van der Waals surface area (Å²) in [4.78, 5) is 0. The van der Waals surface area contributed by atoms with E-state index < -0.39 is 6.10 Å². The first kappa shape index (κ1) is 21.1. The van der Waals surface area contributed by atoms with Crippen molar-refractivity contribution >= 4 is 42.1 Å². The molecular formula is C13H23Cl3N2O. The summed E-state index contributed by atoms with van der Waals surface area (Å²) in [6, 6.07) is 6.07. The Kier molecular flexibility index (Phi) is 11.8. The highest BCUT2D eigenvalue weighted by molar-refractivity contribution is 6.30. The van der Waals surface area contributed by atoms with E-state index in [2.05, 4.69) is 24.5 Å². The molecule has 1 unspecified atom stereocenters. The third kappa shape index (κ3) is 8.56. The van der Waals surface area contributed by atoms with Gasteiger partial charge in [0.25, 0.3) is 0 Å². The largest absolute Gasteiger partial charge is 0.390 e. The zero-order valence-electron chi connectivity index (χ0n) is 11.4. The molecular weight excluding hydrogens is 307 g/mol. The van der Waals surface area contributed by atoms with E-state index in [0.29, 0.717) is 19.1 Å². The predicted molar refractivity (Wildman–Crippen MR) is 88.3 cm³/mol. The van der Waals surface area contributed by atoms with Crippen LogP contribution >= 0.6 is 36.4 Å². The molecule has 0 amide bonds. The smallest absolute Gasteiger partial charge is 0.0836 e. The summed E-state index contributed by atoms with van der Waals surface area (Å²) in [6.07, 6.45) is -0.396. The first-order valence-corrected chi connectivity index (χ1v) is 6.28. The average molecular weight is 330 g/mol. The highest BCUT2D eigenvalue weighted by atomic mass is 35.5. The fraction of sp³-hybridized carbons (Fsp3) is 0.538. The van der Waals surface area contributed by atoms with Crippen LogP contribution in [0.4, 0.5) is 5.69 Å². The maximum Gasteiger partial charge on any atom is 0.0836 e. The second-order valence-electron chi connectivity index (χ2n) is 4.56. The molecule has 1 rings (SSSR count). The lowest BCUT2D eigenvalue weighted by atomic mass is 10.2. The lowest BCUT2D eigenvalue weighted by molar-refractivity contribution is 0.181. The van der Waals surface area contributed by atoms with Crippen LogP contribution in [0, 0.1) is 6.92 Å². The fourth-order valence-corrected chi connectivity index (χ4v) is 1.72. The van der Waals surface area contributed by atoms with Crippen LogP contribution in [0.15, 0.2) is 18.2 Å². The number of nitrogens with one attached hydrogen (secondary N) is 2. The molecule has 112 valence electrons. The molecule has 0 aliphatic heterocycles. The second kappa shape index (κ2) is 10.6. The Morgan fingerprint density at radius 2 is 1.84 bits per heavy atom. The van der Waals surface area contributed by atoms with E-state index in [9.17, 15) is 5.11 Å². The summed E-state index contributed by atoms with van der Waals surface area (Å²) < 4.78 is 0. The minimum absolute atomic E-state index is 0. The molecule has 0 saturated heterocycles. The maximum absolute atomic E-state index is 9.75. The zero-order valence-corrected chi connectivity index (χ0v) is 13.8. The Labute approximate surface area is 132 Å². The summed E-state index contributed by atoms with van der Waals surface area (Å²) in [6.45, 7) is 7.24. The minimum atomic E-state index is -0.396. The molecule has 0 bridgehead atoms. The SMILES string of the molecule is Cc1cc(Cl)ccc1NCC(O)CNC(C)C.Cl.Cl. The van der Waals surface area contributed by atoms with Gasteiger partial charge in [-0.15, -0.1) is 24.8 Å². The van der Waals surface area contributed by atoms with Crippen LogP contribution in [-0.4, -0.2) is 30.3 Å². The van der Waals surface area contributed by atoms with Gasteiger partial charge in [-0.2, -0.15) is 0 Å². The first-order chi connectivity index (χ1) is 7.99. The molecule has 1 atom stereocenters. The van der Waals surface area contributed by atoms with Gasteiger partial charge in [-0.05, 0) is 30.7 Å². The lowest BCUT2D eigenvalue weighted by Gasteiger charge is -2.16. The third-order valence-electron chi connectivity index (χ3n) is 2.48. The van der Waals surface area contributed by atoms with Crippen molar-refractivity contribution in [2.24, 2.45) is 0 Å². The average Bonchev–Trinajstić information content (AvgIpc) is 2.25. The highest BCUT2D eigenvalue weighted by Crippen LogP contribution is 2.19. The van der Waals surface area contributed by atoms with E-state index in [4.69, 9.17) is 11.6 Å². The summed E-state index contributed by atoms with van der Waals surface area (Å²) in [5.74, 6) is 0. The highest BCUT2D eigenvalue weighted by Gasteiger charge is 2.05. The Balaban J connectivity index is 0. The third-order valence-corrected chi connectivity index (χ3v) is 2.71. The zero-order chi connectivity index (χ0) is 12.8. The number of benzene rings is 1. The predicted octanol–water partition coefficient (Wildman–Crippen LogP) is 3.26. The van der Waals surface area contributed by atoms with Crippen LogP contribution < -0.4 is 10.6 Å². The number of halogens is 3. The number of aryl methyl sites for hydroxylation is 1. The van der Waals surface area contributed by atoms with Crippen LogP contribution in [0.3, 0.4) is 0 Å². The molecule has 0 fully saturated rings. The van der Waals surface area contributed by atoms with E-state index in [1.165, 1.54) is 0 Å². The molecule has 3 nitrogen and oxygen atoms in total. The molecule has 0 saturated carbocycles. The van der Waals surface area contributed by atoms with Crippen molar-refractivity contribution in [3.8, 4) is 0 Å². The van der Waals surface area contributed by atoms with Crippen LogP contribution in [0.25, 0.3) is 0 Å². The number of aliphatic hydroxyl groups is 1. The van der Waals surface area contributed by atoms with Gasteiger partial charge in [-0.3, -0.25) is 0 Å². The second-order valence-corrected chi connectivity index (χ2v) is 4.99. The summed E-state index contributed by atoms with van der Waals surface area (Å²) >= 11 is 5.88. The first-order valence-electron chi connectivity index (χ1n) is 5.90. The molecule has 1 aromatic rings. The number of anilines is 1. The maximum atomic E-state index is 9.75. The van der Waals surface area contributed by atoms with Gasteiger partial charge < -0.3 is 15.7 Å². The molecule has 6 heteroatoms. The number of rotatable bonds is 6. The molecule has 3 N–H and O–H groups in total. The summed E-state index contributed by atoms with van der Waals surface area (Å²) in [5.41, 5.74) is 2.10. The van der Waals surface area contributed by atoms with Crippen molar-refractivity contribution in [1.82, 2.24) is 5.32 Å². The van der Waals surface area contributed by atoms with Crippen molar-refractivity contribution in [3.05, 3.63) is 28.8 Å². The molecule has 0 aliphatic carbocycles. The monoisotopic (exact) mass is 328 g/mol. The van der Waals surface area contributed by atoms with Crippen LogP contribution in [0.5, 0.6) is 0 Å². The van der Waals surface area contributed by atoms with Gasteiger partial charge in [0.05, 0.1) is 6.10 Å². The number of hydrogen-bond donors (Lipinski definition) is 3. The molecule has 1 aromatic carbocycles. The van der Waals surface area contributed by atoms with Crippen molar-refractivity contribution in [2.45, 2.75) is 32.9 Å². The van der Waals surface area contributed by atoms with Crippen LogP contribution in [-0.2, 0) is 0 Å². The van der Waals surface area contributed by atoms with Gasteiger partial charge in [0.15, 0.2) is 0 Å². The Morgan fingerprint density at radius 3 is 2.37 bits per heavy atom. The molecule has 0 aliphatic rings. The van der Waals surface area contributed by atoms with E-state index in [0.717, 1.165) is 16.3 Å². The van der Waals surface area contributed by atoms with E-state index >= 15 is 0 Å². The lowest BCUT2D eigenvalue weighted by Crippen LogP contribution is -2.35. The Bertz CT molecular complexity index is 362. The van der Waals surface area contributed by atoms with E-state index in [-0.39, 0.29) is 24.8 Å². The van der Waals surface area contributed by atoms with Crippen molar-refractivity contribution in [1.29, 1.82) is 0 Å². The van der Waals surface area contributed by atoms with Crippen molar-refractivity contribution in [2.75, 3.05) is 18.4 Å². The normalized spacial score (nSPS) is 11.5. The van der Waals surface area contributed by atoms with Gasteiger partial charge in [-0.1, -0.05) is 25.4 Å². The molecule has 0 aromatic heterocycles. The van der Waals surface area contributed by atoms with Gasteiger partial charge in [0.2, 0.25) is 0 Å². The van der Waals surface area contributed by atoms with Crippen molar-refractivity contribution < 1.29 is 5.11 Å². The van der Waals surface area contributed by atoms with Crippen LogP contribution in [0.1, 0.15) is 19.4 Å². The van der Waals surface area contributed by atoms with Gasteiger partial charge in [0, 0.05) is 29.8 Å². The van der Waals surface area contributed by atoms with Gasteiger partial charge in [-0.25, -0.2) is 0 Å².